The number of halogens is 1. The number of nitrogens with one attached hydrogen (secondary N) is 2. The highest BCUT2D eigenvalue weighted by Gasteiger charge is 2.21. The van der Waals surface area contributed by atoms with Crippen LogP contribution in [0.4, 0.5) is 28.4 Å². The summed E-state index contributed by atoms with van der Waals surface area (Å²) in [5, 5.41) is 16.0. The molecule has 0 radical (unpaired) electrons. The standard InChI is InChI=1S/C42H43ClN6O2S2.C4H11N.C2H6/c1-46-29-33(31-10-12-35(43)13-11-31)26-34(30-46)32-6-5-7-38(27-32)48-23-21-47(22-24-48)37-16-14-36(15-17-37)45-53-40-18-19-41(42(28-40)49(50)51)44-20-25-52-39-8-3-2-4-9-39;1-4-5(2)3;1-2/h2-10,12,14-19,27-30,44-45H,11,13,20-26H2,1H3;4H2,1-3H3;1-2H3. The smallest absolute Gasteiger partial charge is 0.293 e. The summed E-state index contributed by atoms with van der Waals surface area (Å²) in [5.41, 5.74) is 9.32. The Balaban J connectivity index is 0.000000909. The molecule has 0 bridgehead atoms. The van der Waals surface area contributed by atoms with Gasteiger partial charge in [0.05, 0.1) is 4.92 Å². The van der Waals surface area contributed by atoms with Crippen molar-refractivity contribution in [2.24, 2.45) is 0 Å². The van der Waals surface area contributed by atoms with Gasteiger partial charge in [0.15, 0.2) is 0 Å². The molecular weight excluding hydrogens is 806 g/mol. The first-order valence-electron chi connectivity index (χ1n) is 20.8. The average Bonchev–Trinajstić information content (AvgIpc) is 3.29. The third-order valence-electron chi connectivity index (χ3n) is 10.2. The minimum Gasteiger partial charge on any atom is -0.379 e. The Kier molecular flexibility index (Phi) is 18.4. The zero-order valence-corrected chi connectivity index (χ0v) is 38.3. The second-order valence-electron chi connectivity index (χ2n) is 14.7. The number of thioether (sulfide) groups is 1. The summed E-state index contributed by atoms with van der Waals surface area (Å²) < 4.78 is 3.36. The normalized spacial score (nSPS) is 15.0. The van der Waals surface area contributed by atoms with Gasteiger partial charge in [0, 0.05) is 102 Å². The molecule has 9 nitrogen and oxygen atoms in total. The van der Waals surface area contributed by atoms with E-state index < -0.39 is 0 Å². The zero-order valence-electron chi connectivity index (χ0n) is 35.9. The second-order valence-corrected chi connectivity index (χ2v) is 17.2. The summed E-state index contributed by atoms with van der Waals surface area (Å²) in [6.07, 6.45) is 11.5. The van der Waals surface area contributed by atoms with Gasteiger partial charge < -0.3 is 29.6 Å². The van der Waals surface area contributed by atoms with Crippen LogP contribution in [0.5, 0.6) is 0 Å². The second kappa shape index (κ2) is 23.8. The molecule has 4 aromatic rings. The van der Waals surface area contributed by atoms with E-state index in [2.05, 4.69) is 137 Å². The first-order chi connectivity index (χ1) is 29.1. The van der Waals surface area contributed by atoms with Crippen LogP contribution in [0.15, 0.2) is 148 Å². The number of anilines is 4. The van der Waals surface area contributed by atoms with E-state index in [1.54, 1.807) is 23.9 Å². The Morgan fingerprint density at radius 3 is 2.12 bits per heavy atom. The molecule has 0 unspecified atom stereocenters. The summed E-state index contributed by atoms with van der Waals surface area (Å²) in [4.78, 5) is 22.7. The summed E-state index contributed by atoms with van der Waals surface area (Å²) in [6.45, 7) is 11.6. The number of hydrogen-bond acceptors (Lipinski definition) is 10. The number of nitrogens with zero attached hydrogens (tertiary/aromatic N) is 5. The molecule has 2 heterocycles. The lowest BCUT2D eigenvalue weighted by Gasteiger charge is -2.37. The molecule has 0 aromatic heterocycles. The number of piperazine rings is 1. The molecule has 0 amide bonds. The van der Waals surface area contributed by atoms with E-state index in [9.17, 15) is 10.1 Å². The van der Waals surface area contributed by atoms with Gasteiger partial charge >= 0.3 is 0 Å². The van der Waals surface area contributed by atoms with Crippen LogP contribution in [0.3, 0.4) is 0 Å². The number of hydrogen-bond donors (Lipinski definition) is 2. The molecule has 0 atom stereocenters. The Bertz CT molecular complexity index is 2110. The van der Waals surface area contributed by atoms with Crippen LogP contribution in [0, 0.1) is 10.1 Å². The first-order valence-corrected chi connectivity index (χ1v) is 23.0. The maximum absolute atomic E-state index is 11.9. The van der Waals surface area contributed by atoms with Crippen LogP contribution in [0.2, 0.25) is 0 Å². The first kappa shape index (κ1) is 46.3. The van der Waals surface area contributed by atoms with E-state index in [0.717, 1.165) is 73.4 Å². The van der Waals surface area contributed by atoms with Crippen molar-refractivity contribution in [3.8, 4) is 0 Å². The molecule has 1 saturated heterocycles. The lowest BCUT2D eigenvalue weighted by atomic mass is 9.89. The fraction of sp³-hybridized carbons (Fsp3) is 0.333. The highest BCUT2D eigenvalue weighted by Crippen LogP contribution is 2.37. The third-order valence-corrected chi connectivity index (χ3v) is 12.4. The maximum atomic E-state index is 11.9. The van der Waals surface area contributed by atoms with Crippen LogP contribution in [-0.2, 0) is 0 Å². The molecule has 318 valence electrons. The Hall–Kier alpha value is -4.81. The third kappa shape index (κ3) is 13.9. The van der Waals surface area contributed by atoms with Crippen LogP contribution in [0.1, 0.15) is 45.6 Å². The van der Waals surface area contributed by atoms with E-state index in [-0.39, 0.29) is 10.6 Å². The molecule has 1 aliphatic carbocycles. The lowest BCUT2D eigenvalue weighted by molar-refractivity contribution is -0.384. The molecule has 3 aliphatic rings. The molecule has 0 spiro atoms. The van der Waals surface area contributed by atoms with Gasteiger partial charge in [-0.15, -0.1) is 11.8 Å². The lowest BCUT2D eigenvalue weighted by Crippen LogP contribution is -2.46. The van der Waals surface area contributed by atoms with Gasteiger partial charge in [-0.1, -0.05) is 68.8 Å². The number of benzene rings is 4. The van der Waals surface area contributed by atoms with Crippen LogP contribution in [0.25, 0.3) is 5.57 Å². The fourth-order valence-electron chi connectivity index (χ4n) is 6.81. The topological polar surface area (TPSA) is 80.2 Å². The van der Waals surface area contributed by atoms with Gasteiger partial charge in [0.25, 0.3) is 5.69 Å². The van der Waals surface area contributed by atoms with E-state index in [0.29, 0.717) is 12.2 Å². The molecule has 4 aromatic carbocycles. The Morgan fingerprint density at radius 2 is 1.47 bits per heavy atom. The van der Waals surface area contributed by atoms with Crippen molar-refractivity contribution < 1.29 is 4.92 Å². The zero-order chi connectivity index (χ0) is 42.9. The SMILES string of the molecule is CC.CCN(C)C.CN1C=C(C2=CC=C(Cl)CC2)CC(c2cccc(N3CCN(c4ccc(NSc5ccc(NCCSc6ccccc6)c([N+](=O)[O-])c5)cc4)CC3)c2)=C1. The minimum atomic E-state index is -0.326. The number of rotatable bonds is 14. The predicted octanol–water partition coefficient (Wildman–Crippen LogP) is 12.2. The van der Waals surface area contributed by atoms with E-state index in [4.69, 9.17) is 11.6 Å². The Labute approximate surface area is 371 Å². The van der Waals surface area contributed by atoms with E-state index >= 15 is 0 Å². The summed E-state index contributed by atoms with van der Waals surface area (Å²) in [5.74, 6) is 0.808. The molecule has 12 heteroatoms. The largest absolute Gasteiger partial charge is 0.379 e. The van der Waals surface area contributed by atoms with Crippen molar-refractivity contribution >= 4 is 69.3 Å². The molecule has 2 aliphatic heterocycles. The van der Waals surface area contributed by atoms with Crippen molar-refractivity contribution in [3.05, 3.63) is 153 Å². The van der Waals surface area contributed by atoms with Gasteiger partial charge in [-0.05, 0) is 134 Å². The molecule has 1 fully saturated rings. The number of allylic oxidation sites excluding steroid dienone is 6. The highest BCUT2D eigenvalue weighted by molar-refractivity contribution is 8.00. The van der Waals surface area contributed by atoms with Crippen molar-refractivity contribution in [2.75, 3.05) is 86.0 Å². The van der Waals surface area contributed by atoms with Crippen molar-refractivity contribution in [1.29, 1.82) is 0 Å². The van der Waals surface area contributed by atoms with E-state index in [1.807, 2.05) is 44.2 Å². The fourth-order valence-corrected chi connectivity index (χ4v) is 8.43. The Morgan fingerprint density at radius 1 is 0.783 bits per heavy atom. The summed E-state index contributed by atoms with van der Waals surface area (Å²) in [7, 11) is 6.22. The quantitative estimate of drug-likeness (QED) is 0.0420. The summed E-state index contributed by atoms with van der Waals surface area (Å²) in [6, 6.07) is 32.9. The molecule has 2 N–H and O–H groups in total. The molecule has 7 rings (SSSR count). The maximum Gasteiger partial charge on any atom is 0.293 e. The van der Waals surface area contributed by atoms with Gasteiger partial charge in [-0.3, -0.25) is 10.1 Å². The van der Waals surface area contributed by atoms with Crippen molar-refractivity contribution in [2.45, 2.75) is 49.8 Å². The van der Waals surface area contributed by atoms with Crippen LogP contribution < -0.4 is 19.8 Å². The number of nitro groups is 1. The monoisotopic (exact) mass is 865 g/mol. The molecular formula is C48H60ClN7O2S2. The number of nitro benzene ring substituents is 1. The van der Waals surface area contributed by atoms with Crippen molar-refractivity contribution in [1.82, 2.24) is 9.80 Å². The van der Waals surface area contributed by atoms with Gasteiger partial charge in [-0.2, -0.15) is 0 Å². The minimum absolute atomic E-state index is 0.0733. The molecule has 0 saturated carbocycles. The average molecular weight is 867 g/mol. The van der Waals surface area contributed by atoms with Gasteiger partial charge in [0.1, 0.15) is 5.69 Å². The summed E-state index contributed by atoms with van der Waals surface area (Å²) >= 11 is 9.32. The van der Waals surface area contributed by atoms with Gasteiger partial charge in [-0.25, -0.2) is 0 Å². The van der Waals surface area contributed by atoms with Crippen molar-refractivity contribution in [3.63, 3.8) is 0 Å². The van der Waals surface area contributed by atoms with Crippen LogP contribution >= 0.6 is 35.3 Å². The van der Waals surface area contributed by atoms with E-state index in [1.165, 1.54) is 50.5 Å². The molecule has 60 heavy (non-hydrogen) atoms. The highest BCUT2D eigenvalue weighted by atomic mass is 35.5. The van der Waals surface area contributed by atoms with Gasteiger partial charge in [0.2, 0.25) is 0 Å². The van der Waals surface area contributed by atoms with Crippen LogP contribution in [-0.4, -0.2) is 80.9 Å². The predicted molar refractivity (Wildman–Crippen MR) is 261 cm³/mol.